The molecule has 2 aliphatic heterocycles. The minimum absolute atomic E-state index is 0.0254. The summed E-state index contributed by atoms with van der Waals surface area (Å²) in [4.78, 5) is 11.4. The van der Waals surface area contributed by atoms with Crippen molar-refractivity contribution in [2.24, 2.45) is 0 Å². The third-order valence-electron chi connectivity index (χ3n) is 3.75. The number of rotatable bonds is 4. The van der Waals surface area contributed by atoms with Crippen LogP contribution in [0.15, 0.2) is 17.0 Å². The number of halogens is 1. The lowest BCUT2D eigenvalue weighted by atomic mass is 10.2. The SMILES string of the molecule is O=C1Cc2cc(S(=O)(=O)NCC3CCCN3)c(Cl)cc2N1. The highest BCUT2D eigenvalue weighted by atomic mass is 35.5. The van der Waals surface area contributed by atoms with Crippen molar-refractivity contribution >= 4 is 33.2 Å². The first kappa shape index (κ1) is 14.8. The Morgan fingerprint density at radius 3 is 2.90 bits per heavy atom. The van der Waals surface area contributed by atoms with E-state index in [-0.39, 0.29) is 28.3 Å². The predicted octanol–water partition coefficient (Wildman–Crippen LogP) is 0.865. The van der Waals surface area contributed by atoms with Crippen molar-refractivity contribution in [1.29, 1.82) is 0 Å². The van der Waals surface area contributed by atoms with Crippen molar-refractivity contribution in [1.82, 2.24) is 10.0 Å². The second-order valence-corrected chi connectivity index (χ2v) is 7.45. The van der Waals surface area contributed by atoms with Crippen molar-refractivity contribution in [3.8, 4) is 0 Å². The molecule has 1 unspecified atom stereocenters. The van der Waals surface area contributed by atoms with Gasteiger partial charge in [-0.05, 0) is 37.1 Å². The van der Waals surface area contributed by atoms with Crippen molar-refractivity contribution in [2.45, 2.75) is 30.2 Å². The van der Waals surface area contributed by atoms with Crippen LogP contribution >= 0.6 is 11.6 Å². The maximum absolute atomic E-state index is 12.4. The average molecular weight is 330 g/mol. The van der Waals surface area contributed by atoms with Crippen LogP contribution in [0.25, 0.3) is 0 Å². The Bertz CT molecular complexity index is 684. The average Bonchev–Trinajstić information content (AvgIpc) is 3.03. The number of fused-ring (bicyclic) bond motifs is 1. The van der Waals surface area contributed by atoms with E-state index in [4.69, 9.17) is 11.6 Å². The molecule has 0 saturated carbocycles. The van der Waals surface area contributed by atoms with Crippen LogP contribution in [-0.2, 0) is 21.2 Å². The minimum atomic E-state index is -3.68. The molecule has 0 radical (unpaired) electrons. The molecule has 21 heavy (non-hydrogen) atoms. The smallest absolute Gasteiger partial charge is 0.242 e. The molecule has 1 saturated heterocycles. The second-order valence-electron chi connectivity index (χ2n) is 5.31. The molecule has 1 aromatic carbocycles. The highest BCUT2D eigenvalue weighted by molar-refractivity contribution is 7.89. The van der Waals surface area contributed by atoms with Gasteiger partial charge in [-0.25, -0.2) is 13.1 Å². The Morgan fingerprint density at radius 2 is 2.19 bits per heavy atom. The summed E-state index contributed by atoms with van der Waals surface area (Å²) >= 11 is 6.05. The number of nitrogens with one attached hydrogen (secondary N) is 3. The second kappa shape index (κ2) is 5.57. The Labute approximate surface area is 128 Å². The molecule has 2 aliphatic rings. The Hall–Kier alpha value is -1.15. The van der Waals surface area contributed by atoms with Crippen molar-refractivity contribution in [3.05, 3.63) is 22.7 Å². The van der Waals surface area contributed by atoms with Gasteiger partial charge >= 0.3 is 0 Å². The number of amides is 1. The summed E-state index contributed by atoms with van der Waals surface area (Å²) < 4.78 is 27.3. The van der Waals surface area contributed by atoms with Gasteiger partial charge in [0, 0.05) is 18.3 Å². The number of sulfonamides is 1. The molecular weight excluding hydrogens is 314 g/mol. The molecule has 1 fully saturated rings. The Balaban J connectivity index is 1.81. The van der Waals surface area contributed by atoms with Crippen molar-refractivity contribution in [3.63, 3.8) is 0 Å². The lowest BCUT2D eigenvalue weighted by Gasteiger charge is -2.13. The van der Waals surface area contributed by atoms with Crippen LogP contribution in [0.3, 0.4) is 0 Å². The van der Waals surface area contributed by atoms with E-state index in [2.05, 4.69) is 15.4 Å². The van der Waals surface area contributed by atoms with Gasteiger partial charge in [-0.3, -0.25) is 4.79 Å². The molecule has 3 rings (SSSR count). The fourth-order valence-corrected chi connectivity index (χ4v) is 4.31. The number of carbonyl (C=O) groups excluding carboxylic acids is 1. The zero-order valence-electron chi connectivity index (χ0n) is 11.3. The van der Waals surface area contributed by atoms with Crippen molar-refractivity contribution < 1.29 is 13.2 Å². The maximum Gasteiger partial charge on any atom is 0.242 e. The third kappa shape index (κ3) is 3.06. The molecule has 0 aromatic heterocycles. The van der Waals surface area contributed by atoms with E-state index < -0.39 is 10.0 Å². The molecule has 114 valence electrons. The molecule has 6 nitrogen and oxygen atoms in total. The molecule has 0 bridgehead atoms. The number of carbonyl (C=O) groups is 1. The van der Waals surface area contributed by atoms with Crippen LogP contribution in [0.4, 0.5) is 5.69 Å². The van der Waals surface area contributed by atoms with E-state index in [1.807, 2.05) is 0 Å². The summed E-state index contributed by atoms with van der Waals surface area (Å²) in [5.41, 5.74) is 1.24. The molecule has 8 heteroatoms. The Kier molecular flexibility index (Phi) is 3.92. The van der Waals surface area contributed by atoms with Gasteiger partial charge in [-0.2, -0.15) is 0 Å². The van der Waals surface area contributed by atoms with E-state index in [0.29, 0.717) is 17.8 Å². The van der Waals surface area contributed by atoms with Crippen LogP contribution in [0.1, 0.15) is 18.4 Å². The maximum atomic E-state index is 12.4. The van der Waals surface area contributed by atoms with Gasteiger partial charge < -0.3 is 10.6 Å². The van der Waals surface area contributed by atoms with Crippen molar-refractivity contribution in [2.75, 3.05) is 18.4 Å². The highest BCUT2D eigenvalue weighted by Gasteiger charge is 2.26. The molecular formula is C13H16ClN3O3S. The summed E-state index contributed by atoms with van der Waals surface area (Å²) in [5.74, 6) is -0.154. The summed E-state index contributed by atoms with van der Waals surface area (Å²) in [5, 5.41) is 5.99. The molecule has 1 amide bonds. The molecule has 1 aromatic rings. The molecule has 2 heterocycles. The van der Waals surface area contributed by atoms with Gasteiger partial charge in [0.15, 0.2) is 0 Å². The van der Waals surface area contributed by atoms with Gasteiger partial charge in [0.05, 0.1) is 11.4 Å². The molecule has 3 N–H and O–H groups in total. The number of anilines is 1. The van der Waals surface area contributed by atoms with Crippen LogP contribution < -0.4 is 15.4 Å². The van der Waals surface area contributed by atoms with Crippen LogP contribution in [0.2, 0.25) is 5.02 Å². The summed E-state index contributed by atoms with van der Waals surface area (Å²) in [6.07, 6.45) is 2.19. The minimum Gasteiger partial charge on any atom is -0.325 e. The monoisotopic (exact) mass is 329 g/mol. The van der Waals surface area contributed by atoms with Crippen LogP contribution in [0.5, 0.6) is 0 Å². The van der Waals surface area contributed by atoms with E-state index in [1.54, 1.807) is 0 Å². The van der Waals surface area contributed by atoms with Crippen LogP contribution in [-0.4, -0.2) is 33.5 Å². The molecule has 1 atom stereocenters. The number of hydrogen-bond donors (Lipinski definition) is 3. The largest absolute Gasteiger partial charge is 0.325 e. The van der Waals surface area contributed by atoms with E-state index >= 15 is 0 Å². The predicted molar refractivity (Wildman–Crippen MR) is 80.0 cm³/mol. The normalized spacial score (nSPS) is 21.4. The third-order valence-corrected chi connectivity index (χ3v) is 5.64. The zero-order valence-corrected chi connectivity index (χ0v) is 12.9. The summed E-state index contributed by atoms with van der Waals surface area (Å²) in [6, 6.07) is 3.13. The molecule has 0 aliphatic carbocycles. The quantitative estimate of drug-likeness (QED) is 0.764. The van der Waals surface area contributed by atoms with E-state index in [0.717, 1.165) is 19.4 Å². The standard InChI is InChI=1S/C13H16ClN3O3S/c14-10-6-11-8(5-13(18)17-11)4-12(10)21(19,20)16-7-9-2-1-3-15-9/h4,6,9,15-16H,1-3,5,7H2,(H,17,18). The summed E-state index contributed by atoms with van der Waals surface area (Å²) in [7, 11) is -3.68. The van der Waals surface area contributed by atoms with E-state index in [1.165, 1.54) is 12.1 Å². The fourth-order valence-electron chi connectivity index (χ4n) is 2.65. The topological polar surface area (TPSA) is 87.3 Å². The van der Waals surface area contributed by atoms with E-state index in [9.17, 15) is 13.2 Å². The lowest BCUT2D eigenvalue weighted by Crippen LogP contribution is -2.37. The first-order chi connectivity index (χ1) is 9.95. The molecule has 0 spiro atoms. The first-order valence-electron chi connectivity index (χ1n) is 6.81. The van der Waals surface area contributed by atoms with Gasteiger partial charge in [-0.15, -0.1) is 0 Å². The first-order valence-corrected chi connectivity index (χ1v) is 8.67. The van der Waals surface area contributed by atoms with Gasteiger partial charge in [0.2, 0.25) is 15.9 Å². The number of hydrogen-bond acceptors (Lipinski definition) is 4. The van der Waals surface area contributed by atoms with Crippen LogP contribution in [0, 0.1) is 0 Å². The highest BCUT2D eigenvalue weighted by Crippen LogP contribution is 2.32. The summed E-state index contributed by atoms with van der Waals surface area (Å²) in [6.45, 7) is 1.26. The lowest BCUT2D eigenvalue weighted by molar-refractivity contribution is -0.115. The number of benzene rings is 1. The zero-order chi connectivity index (χ0) is 15.0. The van der Waals surface area contributed by atoms with Gasteiger partial charge in [0.25, 0.3) is 0 Å². The fraction of sp³-hybridized carbons (Fsp3) is 0.462. The van der Waals surface area contributed by atoms with Gasteiger partial charge in [0.1, 0.15) is 4.90 Å². The Morgan fingerprint density at radius 1 is 1.38 bits per heavy atom. The van der Waals surface area contributed by atoms with Gasteiger partial charge in [-0.1, -0.05) is 11.6 Å².